The van der Waals surface area contributed by atoms with Crippen molar-refractivity contribution in [2.45, 2.75) is 51.6 Å². The number of amides is 1. The summed E-state index contributed by atoms with van der Waals surface area (Å²) in [5.41, 5.74) is 5.50. The van der Waals surface area contributed by atoms with E-state index < -0.39 is 0 Å². The summed E-state index contributed by atoms with van der Waals surface area (Å²) in [6.07, 6.45) is 4.03. The molecule has 1 unspecified atom stereocenters. The van der Waals surface area contributed by atoms with E-state index in [-0.39, 0.29) is 11.9 Å². The highest BCUT2D eigenvalue weighted by atomic mass is 32.1. The fourth-order valence-electron chi connectivity index (χ4n) is 1.69. The van der Waals surface area contributed by atoms with Crippen LogP contribution in [0.25, 0.3) is 0 Å². The van der Waals surface area contributed by atoms with Gasteiger partial charge in [-0.1, -0.05) is 19.1 Å². The van der Waals surface area contributed by atoms with Crippen LogP contribution in [0.5, 0.6) is 0 Å². The highest BCUT2D eigenvalue weighted by Gasteiger charge is 2.30. The summed E-state index contributed by atoms with van der Waals surface area (Å²) in [6.45, 7) is 5.36. The third kappa shape index (κ3) is 5.98. The van der Waals surface area contributed by atoms with Crippen molar-refractivity contribution in [2.24, 2.45) is 5.73 Å². The Balaban J connectivity index is 2.32. The zero-order valence-corrected chi connectivity index (χ0v) is 11.6. The molecule has 1 rings (SSSR count). The first kappa shape index (κ1) is 14.4. The molecule has 0 radical (unpaired) electrons. The Labute approximate surface area is 109 Å². The van der Waals surface area contributed by atoms with Crippen molar-refractivity contribution in [1.29, 1.82) is 0 Å². The predicted octanol–water partition coefficient (Wildman–Crippen LogP) is 1.04. The summed E-state index contributed by atoms with van der Waals surface area (Å²) in [4.78, 5) is 14.5. The van der Waals surface area contributed by atoms with Crippen LogP contribution in [0.15, 0.2) is 0 Å². The zero-order valence-electron chi connectivity index (χ0n) is 10.7. The highest BCUT2D eigenvalue weighted by molar-refractivity contribution is 7.80. The summed E-state index contributed by atoms with van der Waals surface area (Å²) in [7, 11) is 0. The molecule has 0 bridgehead atoms. The molecule has 0 spiro atoms. The van der Waals surface area contributed by atoms with E-state index in [4.69, 9.17) is 18.0 Å². The summed E-state index contributed by atoms with van der Waals surface area (Å²) in [5.74, 6) is 0.106. The minimum absolute atomic E-state index is 0.106. The largest absolute Gasteiger partial charge is 0.393 e. The van der Waals surface area contributed by atoms with Gasteiger partial charge in [-0.25, -0.2) is 0 Å². The van der Waals surface area contributed by atoms with Crippen molar-refractivity contribution in [3.8, 4) is 0 Å². The maximum Gasteiger partial charge on any atom is 0.234 e. The first-order valence-electron chi connectivity index (χ1n) is 6.34. The number of nitrogens with one attached hydrogen (secondary N) is 1. The number of hydrogen-bond donors (Lipinski definition) is 2. The number of nitrogens with two attached hydrogens (primary N) is 1. The molecule has 0 heterocycles. The molecule has 1 aliphatic rings. The second-order valence-corrected chi connectivity index (χ2v) is 5.32. The lowest BCUT2D eigenvalue weighted by Crippen LogP contribution is -2.42. The Hall–Kier alpha value is -0.680. The number of rotatable bonds is 8. The lowest BCUT2D eigenvalue weighted by molar-refractivity contribution is -0.123. The standard InChI is InChI=1S/C12H23N3OS/c1-3-9(2)14-12(16)8-15(10-4-5-10)7-6-11(13)17/h9-10H,3-8H2,1-2H3,(H2,13,17)(H,14,16). The minimum Gasteiger partial charge on any atom is -0.393 e. The Morgan fingerprint density at radius 3 is 2.71 bits per heavy atom. The van der Waals surface area contributed by atoms with Gasteiger partial charge in [0.1, 0.15) is 0 Å². The van der Waals surface area contributed by atoms with Crippen LogP contribution in [-0.4, -0.2) is 41.0 Å². The number of carbonyl (C=O) groups excluding carboxylic acids is 1. The molecule has 0 aromatic heterocycles. The summed E-state index contributed by atoms with van der Waals surface area (Å²) in [5, 5.41) is 2.99. The van der Waals surface area contributed by atoms with Gasteiger partial charge < -0.3 is 11.1 Å². The average Bonchev–Trinajstić information content (AvgIpc) is 3.07. The number of nitrogens with zero attached hydrogens (tertiary/aromatic N) is 1. The van der Waals surface area contributed by atoms with Gasteiger partial charge >= 0.3 is 0 Å². The molecule has 1 amide bonds. The molecule has 3 N–H and O–H groups in total. The van der Waals surface area contributed by atoms with Crippen LogP contribution in [0.2, 0.25) is 0 Å². The fraction of sp³-hybridized carbons (Fsp3) is 0.833. The molecule has 17 heavy (non-hydrogen) atoms. The van der Waals surface area contributed by atoms with Gasteiger partial charge in [0, 0.05) is 25.0 Å². The second-order valence-electron chi connectivity index (χ2n) is 4.79. The van der Waals surface area contributed by atoms with E-state index in [2.05, 4.69) is 17.1 Å². The first-order chi connectivity index (χ1) is 8.02. The van der Waals surface area contributed by atoms with Crippen LogP contribution < -0.4 is 11.1 Å². The van der Waals surface area contributed by atoms with Crippen LogP contribution in [-0.2, 0) is 4.79 Å². The average molecular weight is 257 g/mol. The van der Waals surface area contributed by atoms with Crippen LogP contribution in [0.4, 0.5) is 0 Å². The van der Waals surface area contributed by atoms with E-state index in [1.165, 1.54) is 12.8 Å². The van der Waals surface area contributed by atoms with E-state index >= 15 is 0 Å². The topological polar surface area (TPSA) is 58.4 Å². The molecule has 0 saturated heterocycles. The van der Waals surface area contributed by atoms with Gasteiger partial charge in [0.05, 0.1) is 11.5 Å². The van der Waals surface area contributed by atoms with Gasteiger partial charge in [-0.3, -0.25) is 9.69 Å². The molecule has 1 aliphatic carbocycles. The van der Waals surface area contributed by atoms with E-state index in [1.54, 1.807) is 0 Å². The van der Waals surface area contributed by atoms with Gasteiger partial charge in [-0.05, 0) is 26.2 Å². The second kappa shape index (κ2) is 6.91. The molecular weight excluding hydrogens is 234 g/mol. The Kier molecular flexibility index (Phi) is 5.85. The monoisotopic (exact) mass is 257 g/mol. The maximum absolute atomic E-state index is 11.8. The normalized spacial score (nSPS) is 16.9. The zero-order chi connectivity index (χ0) is 12.8. The molecule has 0 aliphatic heterocycles. The maximum atomic E-state index is 11.8. The van der Waals surface area contributed by atoms with Gasteiger partial charge in [0.2, 0.25) is 5.91 Å². The van der Waals surface area contributed by atoms with Crippen LogP contribution in [0, 0.1) is 0 Å². The predicted molar refractivity (Wildman–Crippen MR) is 73.9 cm³/mol. The molecular formula is C12H23N3OS. The lowest BCUT2D eigenvalue weighted by Gasteiger charge is -2.22. The Morgan fingerprint density at radius 2 is 2.24 bits per heavy atom. The van der Waals surface area contributed by atoms with E-state index in [0.29, 0.717) is 24.0 Å². The van der Waals surface area contributed by atoms with Crippen molar-refractivity contribution in [3.63, 3.8) is 0 Å². The molecule has 1 fully saturated rings. The van der Waals surface area contributed by atoms with Gasteiger partial charge in [0.15, 0.2) is 0 Å². The van der Waals surface area contributed by atoms with Gasteiger partial charge in [-0.15, -0.1) is 0 Å². The molecule has 5 heteroatoms. The molecule has 0 aromatic carbocycles. The van der Waals surface area contributed by atoms with E-state index in [9.17, 15) is 4.79 Å². The first-order valence-corrected chi connectivity index (χ1v) is 6.75. The number of hydrogen-bond acceptors (Lipinski definition) is 3. The lowest BCUT2D eigenvalue weighted by atomic mass is 10.2. The summed E-state index contributed by atoms with van der Waals surface area (Å²) >= 11 is 4.87. The highest BCUT2D eigenvalue weighted by Crippen LogP contribution is 2.26. The van der Waals surface area contributed by atoms with Crippen molar-refractivity contribution >= 4 is 23.1 Å². The van der Waals surface area contributed by atoms with Crippen molar-refractivity contribution in [1.82, 2.24) is 10.2 Å². The van der Waals surface area contributed by atoms with E-state index in [1.807, 2.05) is 6.92 Å². The SMILES string of the molecule is CCC(C)NC(=O)CN(CCC(N)=S)C1CC1. The summed E-state index contributed by atoms with van der Waals surface area (Å²) < 4.78 is 0. The van der Waals surface area contributed by atoms with Crippen LogP contribution >= 0.6 is 12.2 Å². The molecule has 4 nitrogen and oxygen atoms in total. The van der Waals surface area contributed by atoms with Crippen molar-refractivity contribution in [2.75, 3.05) is 13.1 Å². The van der Waals surface area contributed by atoms with Gasteiger partial charge in [0.25, 0.3) is 0 Å². The molecule has 98 valence electrons. The fourth-order valence-corrected chi connectivity index (χ4v) is 1.78. The Bertz CT molecular complexity index is 279. The number of thiocarbonyl (C=S) groups is 1. The van der Waals surface area contributed by atoms with E-state index in [0.717, 1.165) is 13.0 Å². The molecule has 0 aromatic rings. The minimum atomic E-state index is 0.106. The third-order valence-corrected chi connectivity index (χ3v) is 3.28. The summed E-state index contributed by atoms with van der Waals surface area (Å²) in [6, 6.07) is 0.811. The van der Waals surface area contributed by atoms with Gasteiger partial charge in [-0.2, -0.15) is 0 Å². The Morgan fingerprint density at radius 1 is 1.59 bits per heavy atom. The molecule has 1 saturated carbocycles. The van der Waals surface area contributed by atoms with Crippen molar-refractivity contribution < 1.29 is 4.79 Å². The van der Waals surface area contributed by atoms with Crippen LogP contribution in [0.1, 0.15) is 39.5 Å². The quantitative estimate of drug-likeness (QED) is 0.638. The smallest absolute Gasteiger partial charge is 0.234 e. The third-order valence-electron chi connectivity index (χ3n) is 3.08. The number of carbonyl (C=O) groups is 1. The molecule has 1 atom stereocenters. The van der Waals surface area contributed by atoms with Crippen LogP contribution in [0.3, 0.4) is 0 Å². The van der Waals surface area contributed by atoms with Crippen molar-refractivity contribution in [3.05, 3.63) is 0 Å².